The zero-order valence-corrected chi connectivity index (χ0v) is 10.8. The van der Waals surface area contributed by atoms with Crippen molar-refractivity contribution >= 4 is 11.9 Å². The molecule has 100 valence electrons. The van der Waals surface area contributed by atoms with Gasteiger partial charge in [0.15, 0.2) is 6.10 Å². The van der Waals surface area contributed by atoms with E-state index in [1.165, 1.54) is 6.42 Å². The molecule has 1 saturated heterocycles. The van der Waals surface area contributed by atoms with Crippen LogP contribution in [0.25, 0.3) is 0 Å². The van der Waals surface area contributed by atoms with Crippen molar-refractivity contribution in [2.75, 3.05) is 13.1 Å². The Bertz CT molecular complexity index is 506. The lowest BCUT2D eigenvalue weighted by Gasteiger charge is -2.32. The third-order valence-electron chi connectivity index (χ3n) is 3.84. The van der Waals surface area contributed by atoms with Crippen molar-refractivity contribution in [3.8, 4) is 0 Å². The molecule has 2 aliphatic rings. The number of amides is 1. The van der Waals surface area contributed by atoms with Gasteiger partial charge >= 0.3 is 5.97 Å². The lowest BCUT2D eigenvalue weighted by atomic mass is 9.97. The molecule has 19 heavy (non-hydrogen) atoms. The van der Waals surface area contributed by atoms with Crippen LogP contribution in [0.15, 0.2) is 24.3 Å². The van der Waals surface area contributed by atoms with E-state index in [-0.39, 0.29) is 11.9 Å². The van der Waals surface area contributed by atoms with Crippen LogP contribution in [0.1, 0.15) is 35.2 Å². The predicted molar refractivity (Wildman–Crippen MR) is 69.8 cm³/mol. The van der Waals surface area contributed by atoms with Gasteiger partial charge in [-0.25, -0.2) is 4.79 Å². The van der Waals surface area contributed by atoms with E-state index in [0.717, 1.165) is 31.5 Å². The smallest absolute Gasteiger partial charge is 0.339 e. The summed E-state index contributed by atoms with van der Waals surface area (Å²) in [6.07, 6.45) is 3.13. The standard InChI is InChI=1S/C15H17NO3/c17-14(16-8-4-1-5-9-16)13-10-11-6-2-3-7-12(11)15(18)19-13/h2-3,6-7,13H,1,4-5,8-10H2. The van der Waals surface area contributed by atoms with Crippen molar-refractivity contribution in [3.63, 3.8) is 0 Å². The molecule has 1 aromatic rings. The van der Waals surface area contributed by atoms with Gasteiger partial charge in [0.2, 0.25) is 0 Å². The number of esters is 1. The van der Waals surface area contributed by atoms with Crippen molar-refractivity contribution in [3.05, 3.63) is 35.4 Å². The van der Waals surface area contributed by atoms with E-state index in [2.05, 4.69) is 0 Å². The molecular weight excluding hydrogens is 242 g/mol. The molecule has 2 heterocycles. The van der Waals surface area contributed by atoms with Gasteiger partial charge in [0.1, 0.15) is 0 Å². The number of benzene rings is 1. The summed E-state index contributed by atoms with van der Waals surface area (Å²) in [6.45, 7) is 1.57. The van der Waals surface area contributed by atoms with Gasteiger partial charge in [-0.3, -0.25) is 4.79 Å². The summed E-state index contributed by atoms with van der Waals surface area (Å²) in [6, 6.07) is 7.35. The lowest BCUT2D eigenvalue weighted by Crippen LogP contribution is -2.46. The molecule has 1 amide bonds. The van der Waals surface area contributed by atoms with Crippen LogP contribution in [0.5, 0.6) is 0 Å². The number of rotatable bonds is 1. The van der Waals surface area contributed by atoms with Gasteiger partial charge in [-0.15, -0.1) is 0 Å². The normalized spacial score (nSPS) is 22.6. The van der Waals surface area contributed by atoms with E-state index in [9.17, 15) is 9.59 Å². The molecule has 1 fully saturated rings. The summed E-state index contributed by atoms with van der Waals surface area (Å²) in [5.41, 5.74) is 1.50. The van der Waals surface area contributed by atoms with E-state index in [4.69, 9.17) is 4.74 Å². The van der Waals surface area contributed by atoms with Crippen molar-refractivity contribution in [2.24, 2.45) is 0 Å². The van der Waals surface area contributed by atoms with Gasteiger partial charge in [0.25, 0.3) is 5.91 Å². The zero-order valence-electron chi connectivity index (χ0n) is 10.8. The summed E-state index contributed by atoms with van der Waals surface area (Å²) in [5, 5.41) is 0. The first-order chi connectivity index (χ1) is 9.25. The molecule has 1 aromatic carbocycles. The van der Waals surface area contributed by atoms with Gasteiger partial charge in [-0.2, -0.15) is 0 Å². The van der Waals surface area contributed by atoms with Gasteiger partial charge in [-0.1, -0.05) is 18.2 Å². The van der Waals surface area contributed by atoms with E-state index in [1.54, 1.807) is 6.07 Å². The van der Waals surface area contributed by atoms with Crippen LogP contribution in [0.3, 0.4) is 0 Å². The largest absolute Gasteiger partial charge is 0.448 e. The monoisotopic (exact) mass is 259 g/mol. The fourth-order valence-corrected chi connectivity index (χ4v) is 2.79. The van der Waals surface area contributed by atoms with Gasteiger partial charge in [0, 0.05) is 19.5 Å². The maximum absolute atomic E-state index is 12.4. The number of carbonyl (C=O) groups excluding carboxylic acids is 2. The molecule has 1 unspecified atom stereocenters. The highest BCUT2D eigenvalue weighted by Gasteiger charge is 2.33. The number of likely N-dealkylation sites (tertiary alicyclic amines) is 1. The maximum Gasteiger partial charge on any atom is 0.339 e. The number of ether oxygens (including phenoxy) is 1. The van der Waals surface area contributed by atoms with Crippen molar-refractivity contribution < 1.29 is 14.3 Å². The fourth-order valence-electron chi connectivity index (χ4n) is 2.79. The topological polar surface area (TPSA) is 46.6 Å². The number of carbonyl (C=O) groups is 2. The Morgan fingerprint density at radius 2 is 1.89 bits per heavy atom. The van der Waals surface area contributed by atoms with Crippen molar-refractivity contribution in [2.45, 2.75) is 31.8 Å². The van der Waals surface area contributed by atoms with Crippen LogP contribution in [0.4, 0.5) is 0 Å². The molecule has 0 N–H and O–H groups in total. The average molecular weight is 259 g/mol. The molecule has 0 saturated carbocycles. The summed E-state index contributed by atoms with van der Waals surface area (Å²) >= 11 is 0. The minimum atomic E-state index is -0.638. The molecule has 4 nitrogen and oxygen atoms in total. The molecule has 0 aromatic heterocycles. The maximum atomic E-state index is 12.4. The van der Waals surface area contributed by atoms with Crippen LogP contribution >= 0.6 is 0 Å². The first-order valence-electron chi connectivity index (χ1n) is 6.83. The average Bonchev–Trinajstić information content (AvgIpc) is 2.47. The third-order valence-corrected chi connectivity index (χ3v) is 3.84. The third kappa shape index (κ3) is 2.35. The second-order valence-electron chi connectivity index (χ2n) is 5.14. The Labute approximate surface area is 112 Å². The molecule has 0 bridgehead atoms. The van der Waals surface area contributed by atoms with Crippen molar-refractivity contribution in [1.82, 2.24) is 4.90 Å². The number of hydrogen-bond acceptors (Lipinski definition) is 3. The van der Waals surface area contributed by atoms with Crippen LogP contribution in [-0.4, -0.2) is 36.0 Å². The summed E-state index contributed by atoms with van der Waals surface area (Å²) in [4.78, 5) is 26.1. The SMILES string of the molecule is O=C1OC(C(=O)N2CCCCC2)Cc2ccccc21. The Kier molecular flexibility index (Phi) is 3.23. The van der Waals surface area contributed by atoms with Crippen LogP contribution in [0, 0.1) is 0 Å². The molecule has 0 spiro atoms. The van der Waals surface area contributed by atoms with E-state index < -0.39 is 6.10 Å². The Morgan fingerprint density at radius 1 is 1.16 bits per heavy atom. The number of cyclic esters (lactones) is 1. The number of fused-ring (bicyclic) bond motifs is 1. The number of nitrogens with zero attached hydrogens (tertiary/aromatic N) is 1. The zero-order chi connectivity index (χ0) is 13.2. The summed E-state index contributed by atoms with van der Waals surface area (Å²) < 4.78 is 5.30. The molecule has 2 aliphatic heterocycles. The van der Waals surface area contributed by atoms with Crippen LogP contribution in [-0.2, 0) is 16.0 Å². The minimum absolute atomic E-state index is 0.0393. The first kappa shape index (κ1) is 12.2. The van der Waals surface area contributed by atoms with E-state index >= 15 is 0 Å². The molecule has 1 atom stereocenters. The van der Waals surface area contributed by atoms with Gasteiger partial charge in [-0.05, 0) is 30.9 Å². The van der Waals surface area contributed by atoms with Crippen LogP contribution in [0.2, 0.25) is 0 Å². The predicted octanol–water partition coefficient (Wildman–Crippen LogP) is 1.78. The Hall–Kier alpha value is -1.84. The lowest BCUT2D eigenvalue weighted by molar-refractivity contribution is -0.142. The second kappa shape index (κ2) is 5.03. The highest BCUT2D eigenvalue weighted by molar-refractivity contribution is 5.95. The molecule has 0 radical (unpaired) electrons. The molecule has 0 aliphatic carbocycles. The number of hydrogen-bond donors (Lipinski definition) is 0. The highest BCUT2D eigenvalue weighted by Crippen LogP contribution is 2.22. The van der Waals surface area contributed by atoms with Gasteiger partial charge in [0.05, 0.1) is 5.56 Å². The highest BCUT2D eigenvalue weighted by atomic mass is 16.5. The first-order valence-corrected chi connectivity index (χ1v) is 6.83. The van der Waals surface area contributed by atoms with Gasteiger partial charge < -0.3 is 9.64 Å². The molecule has 4 heteroatoms. The summed E-state index contributed by atoms with van der Waals surface area (Å²) in [5.74, 6) is -0.417. The molecule has 3 rings (SSSR count). The van der Waals surface area contributed by atoms with Crippen LogP contribution < -0.4 is 0 Å². The Balaban J connectivity index is 1.77. The van der Waals surface area contributed by atoms with E-state index in [1.807, 2.05) is 23.1 Å². The fraction of sp³-hybridized carbons (Fsp3) is 0.467. The Morgan fingerprint density at radius 3 is 2.68 bits per heavy atom. The minimum Gasteiger partial charge on any atom is -0.448 e. The van der Waals surface area contributed by atoms with Crippen molar-refractivity contribution in [1.29, 1.82) is 0 Å². The van der Waals surface area contributed by atoms with E-state index in [0.29, 0.717) is 12.0 Å². The second-order valence-corrected chi connectivity index (χ2v) is 5.14. The quantitative estimate of drug-likeness (QED) is 0.722. The molecular formula is C15H17NO3. The summed E-state index contributed by atoms with van der Waals surface area (Å²) in [7, 11) is 0. The number of piperidine rings is 1.